The molecule has 1 amide bonds. The van der Waals surface area contributed by atoms with E-state index < -0.39 is 0 Å². The molecule has 3 heterocycles. The van der Waals surface area contributed by atoms with Crippen molar-refractivity contribution in [1.29, 1.82) is 0 Å². The number of carbonyl (C=O) groups excluding carboxylic acids is 1. The molecule has 26 heavy (non-hydrogen) atoms. The summed E-state index contributed by atoms with van der Waals surface area (Å²) in [6.07, 6.45) is 0. The van der Waals surface area contributed by atoms with Crippen molar-refractivity contribution in [2.45, 2.75) is 27.7 Å². The lowest BCUT2D eigenvalue weighted by molar-refractivity contribution is 0.0953. The van der Waals surface area contributed by atoms with E-state index in [1.807, 2.05) is 39.0 Å². The van der Waals surface area contributed by atoms with E-state index in [1.165, 1.54) is 0 Å². The Balaban J connectivity index is 1.50. The highest BCUT2D eigenvalue weighted by molar-refractivity contribution is 5.95. The molecule has 0 saturated heterocycles. The molecule has 0 saturated carbocycles. The van der Waals surface area contributed by atoms with E-state index in [2.05, 4.69) is 25.9 Å². The van der Waals surface area contributed by atoms with Crippen molar-refractivity contribution < 1.29 is 9.21 Å². The number of aromatic nitrogens is 4. The number of hydrogen-bond donors (Lipinski definition) is 2. The molecule has 2 N–H and O–H groups in total. The van der Waals surface area contributed by atoms with Gasteiger partial charge in [0, 0.05) is 18.8 Å². The van der Waals surface area contributed by atoms with Gasteiger partial charge in [0.15, 0.2) is 5.82 Å². The summed E-state index contributed by atoms with van der Waals surface area (Å²) < 4.78 is 7.12. The summed E-state index contributed by atoms with van der Waals surface area (Å²) in [6, 6.07) is 7.41. The number of aryl methyl sites for hydroxylation is 4. The van der Waals surface area contributed by atoms with Gasteiger partial charge in [-0.15, -0.1) is 10.2 Å². The van der Waals surface area contributed by atoms with Crippen molar-refractivity contribution in [2.24, 2.45) is 0 Å². The fourth-order valence-corrected chi connectivity index (χ4v) is 2.71. The smallest absolute Gasteiger partial charge is 0.254 e. The maximum Gasteiger partial charge on any atom is 0.254 e. The van der Waals surface area contributed by atoms with Gasteiger partial charge in [-0.05, 0) is 52.0 Å². The minimum Gasteiger partial charge on any atom is -0.466 e. The van der Waals surface area contributed by atoms with Crippen LogP contribution in [0.5, 0.6) is 0 Å². The van der Waals surface area contributed by atoms with Crippen molar-refractivity contribution in [1.82, 2.24) is 25.3 Å². The lowest BCUT2D eigenvalue weighted by Crippen LogP contribution is -2.29. The zero-order chi connectivity index (χ0) is 18.7. The Hall–Kier alpha value is -3.16. The molecule has 0 radical (unpaired) electrons. The second-order valence-corrected chi connectivity index (χ2v) is 6.13. The van der Waals surface area contributed by atoms with Crippen LogP contribution >= 0.6 is 0 Å². The van der Waals surface area contributed by atoms with E-state index in [-0.39, 0.29) is 5.91 Å². The second kappa shape index (κ2) is 7.38. The van der Waals surface area contributed by atoms with Crippen LogP contribution in [0.1, 0.15) is 33.3 Å². The second-order valence-electron chi connectivity index (χ2n) is 6.13. The zero-order valence-electron chi connectivity index (χ0n) is 15.3. The number of hydrogen-bond acceptors (Lipinski definition) is 6. The number of amides is 1. The summed E-state index contributed by atoms with van der Waals surface area (Å²) in [7, 11) is 0. The molecule has 3 rings (SSSR count). The molecule has 8 heteroatoms. The van der Waals surface area contributed by atoms with Crippen LogP contribution in [0.3, 0.4) is 0 Å². The lowest BCUT2D eigenvalue weighted by atomic mass is 10.2. The largest absolute Gasteiger partial charge is 0.466 e. The van der Waals surface area contributed by atoms with Gasteiger partial charge in [-0.1, -0.05) is 0 Å². The summed E-state index contributed by atoms with van der Waals surface area (Å²) in [5.41, 5.74) is 2.51. The summed E-state index contributed by atoms with van der Waals surface area (Å²) in [5.74, 6) is 2.51. The first-order chi connectivity index (χ1) is 12.4. The number of nitrogens with one attached hydrogen (secondary N) is 2. The Labute approximate surface area is 151 Å². The van der Waals surface area contributed by atoms with E-state index in [0.717, 1.165) is 17.1 Å². The SMILES string of the molecule is Cc1cc(C)n(-c2ccc(NCCNC(=O)c3cc(C)oc3C)nn2)n1. The standard InChI is InChI=1S/C18H22N6O2/c1-11-9-12(2)24(23-11)17-6-5-16(21-22-17)19-7-8-20-18(25)15-10-13(3)26-14(15)4/h5-6,9-10H,7-8H2,1-4H3,(H,19,21)(H,20,25). The molecule has 0 unspecified atom stereocenters. The molecule has 136 valence electrons. The van der Waals surface area contributed by atoms with Crippen molar-refractivity contribution >= 4 is 11.7 Å². The van der Waals surface area contributed by atoms with E-state index in [4.69, 9.17) is 4.42 Å². The number of nitrogens with zero attached hydrogens (tertiary/aromatic N) is 4. The maximum atomic E-state index is 12.1. The molecule has 3 aromatic rings. The van der Waals surface area contributed by atoms with E-state index >= 15 is 0 Å². The van der Waals surface area contributed by atoms with Crippen LogP contribution < -0.4 is 10.6 Å². The van der Waals surface area contributed by atoms with Crippen LogP contribution in [0.15, 0.2) is 28.7 Å². The Bertz CT molecular complexity index is 910. The fourth-order valence-electron chi connectivity index (χ4n) is 2.71. The Kier molecular flexibility index (Phi) is 5.01. The third-order valence-electron chi connectivity index (χ3n) is 3.88. The average molecular weight is 354 g/mol. The highest BCUT2D eigenvalue weighted by Gasteiger charge is 2.12. The minimum absolute atomic E-state index is 0.146. The van der Waals surface area contributed by atoms with Gasteiger partial charge in [-0.3, -0.25) is 4.79 Å². The van der Waals surface area contributed by atoms with Crippen LogP contribution in [0.4, 0.5) is 5.82 Å². The van der Waals surface area contributed by atoms with Crippen LogP contribution in [0.25, 0.3) is 5.82 Å². The Morgan fingerprint density at radius 1 is 1.12 bits per heavy atom. The summed E-state index contributed by atoms with van der Waals surface area (Å²) in [4.78, 5) is 12.1. The minimum atomic E-state index is -0.146. The van der Waals surface area contributed by atoms with Crippen LogP contribution in [0, 0.1) is 27.7 Å². The number of rotatable bonds is 6. The predicted octanol–water partition coefficient (Wildman–Crippen LogP) is 2.33. The first-order valence-electron chi connectivity index (χ1n) is 8.40. The Morgan fingerprint density at radius 2 is 1.92 bits per heavy atom. The molecule has 3 aromatic heterocycles. The van der Waals surface area contributed by atoms with Crippen molar-refractivity contribution in [3.8, 4) is 5.82 Å². The van der Waals surface area contributed by atoms with Gasteiger partial charge in [0.1, 0.15) is 17.3 Å². The molecule has 0 aliphatic heterocycles. The highest BCUT2D eigenvalue weighted by atomic mass is 16.3. The lowest BCUT2D eigenvalue weighted by Gasteiger charge is -2.07. The van der Waals surface area contributed by atoms with Gasteiger partial charge in [0.05, 0.1) is 11.3 Å². The van der Waals surface area contributed by atoms with E-state index in [9.17, 15) is 4.79 Å². The van der Waals surface area contributed by atoms with Crippen molar-refractivity contribution in [3.63, 3.8) is 0 Å². The summed E-state index contributed by atoms with van der Waals surface area (Å²) in [6.45, 7) is 8.51. The molecular formula is C18H22N6O2. The maximum absolute atomic E-state index is 12.1. The molecule has 8 nitrogen and oxygen atoms in total. The average Bonchev–Trinajstić information content (AvgIpc) is 3.12. The third-order valence-corrected chi connectivity index (χ3v) is 3.88. The molecule has 0 aliphatic rings. The van der Waals surface area contributed by atoms with Crippen LogP contribution in [0.2, 0.25) is 0 Å². The molecular weight excluding hydrogens is 332 g/mol. The van der Waals surface area contributed by atoms with Gasteiger partial charge in [-0.2, -0.15) is 5.10 Å². The quantitative estimate of drug-likeness (QED) is 0.659. The van der Waals surface area contributed by atoms with Gasteiger partial charge in [0.2, 0.25) is 0 Å². The van der Waals surface area contributed by atoms with Crippen LogP contribution in [-0.4, -0.2) is 39.0 Å². The third kappa shape index (κ3) is 3.90. The van der Waals surface area contributed by atoms with Crippen molar-refractivity contribution in [2.75, 3.05) is 18.4 Å². The molecule has 0 aromatic carbocycles. The van der Waals surface area contributed by atoms with E-state index in [0.29, 0.717) is 36.0 Å². The van der Waals surface area contributed by atoms with Gasteiger partial charge in [0.25, 0.3) is 5.91 Å². The van der Waals surface area contributed by atoms with E-state index in [1.54, 1.807) is 17.7 Å². The number of anilines is 1. The number of carbonyl (C=O) groups is 1. The molecule has 0 spiro atoms. The highest BCUT2D eigenvalue weighted by Crippen LogP contribution is 2.13. The van der Waals surface area contributed by atoms with Gasteiger partial charge in [-0.25, -0.2) is 4.68 Å². The first-order valence-corrected chi connectivity index (χ1v) is 8.40. The first kappa shape index (κ1) is 17.7. The summed E-state index contributed by atoms with van der Waals surface area (Å²) in [5, 5.41) is 18.7. The van der Waals surface area contributed by atoms with Crippen molar-refractivity contribution in [3.05, 3.63) is 52.7 Å². The molecule has 0 aliphatic carbocycles. The summed E-state index contributed by atoms with van der Waals surface area (Å²) >= 11 is 0. The topological polar surface area (TPSA) is 97.9 Å². The molecule has 0 bridgehead atoms. The van der Waals surface area contributed by atoms with Gasteiger partial charge < -0.3 is 15.1 Å². The molecule has 0 fully saturated rings. The number of furan rings is 1. The zero-order valence-corrected chi connectivity index (χ0v) is 15.3. The Morgan fingerprint density at radius 3 is 2.50 bits per heavy atom. The van der Waals surface area contributed by atoms with Crippen LogP contribution in [-0.2, 0) is 0 Å². The predicted molar refractivity (Wildman–Crippen MR) is 97.6 cm³/mol. The monoisotopic (exact) mass is 354 g/mol. The fraction of sp³-hybridized carbons (Fsp3) is 0.333. The van der Waals surface area contributed by atoms with Gasteiger partial charge >= 0.3 is 0 Å². The molecule has 0 atom stereocenters. The normalized spacial score (nSPS) is 10.8.